The smallest absolute Gasteiger partial charge is 0.426 e. The molecule has 0 atom stereocenters. The van der Waals surface area contributed by atoms with Crippen LogP contribution in [0.15, 0.2) is 54.6 Å². The second-order valence-corrected chi connectivity index (χ2v) is 7.63. The lowest BCUT2D eigenvalue weighted by atomic mass is 10.1. The van der Waals surface area contributed by atoms with Crippen LogP contribution < -0.4 is 9.47 Å². The number of aryl methyl sites for hydroxylation is 1. The van der Waals surface area contributed by atoms with Gasteiger partial charge >= 0.3 is 6.11 Å². The van der Waals surface area contributed by atoms with Crippen LogP contribution in [-0.4, -0.2) is 0 Å². The van der Waals surface area contributed by atoms with E-state index in [1.165, 1.54) is 12.1 Å². The molecule has 4 rings (SSSR count). The van der Waals surface area contributed by atoms with Gasteiger partial charge in [-0.1, -0.05) is 17.7 Å². The first-order valence-electron chi connectivity index (χ1n) is 9.98. The van der Waals surface area contributed by atoms with E-state index in [-0.39, 0.29) is 10.9 Å². The molecule has 0 heterocycles. The highest BCUT2D eigenvalue weighted by molar-refractivity contribution is 5.84. The number of hydrogen-bond donors (Lipinski definition) is 0. The van der Waals surface area contributed by atoms with Crippen molar-refractivity contribution >= 4 is 10.8 Å². The monoisotopic (exact) mass is 498 g/mol. The summed E-state index contributed by atoms with van der Waals surface area (Å²) in [5.74, 6) is -11.5. The number of rotatable bonds is 6. The van der Waals surface area contributed by atoms with E-state index in [2.05, 4.69) is 4.74 Å². The van der Waals surface area contributed by atoms with Gasteiger partial charge in [0.2, 0.25) is 11.6 Å². The Labute approximate surface area is 193 Å². The molecule has 4 aromatic rings. The van der Waals surface area contributed by atoms with Crippen molar-refractivity contribution in [3.63, 3.8) is 0 Å². The maximum Gasteiger partial charge on any atom is 0.426 e. The van der Waals surface area contributed by atoms with E-state index in [9.17, 15) is 35.1 Å². The van der Waals surface area contributed by atoms with Gasteiger partial charge in [-0.05, 0) is 60.3 Å². The quantitative estimate of drug-likeness (QED) is 0.201. The Kier molecular flexibility index (Phi) is 6.31. The molecule has 0 aliphatic heterocycles. The molecule has 4 aromatic carbocycles. The van der Waals surface area contributed by atoms with Gasteiger partial charge in [-0.3, -0.25) is 0 Å². The van der Waals surface area contributed by atoms with Gasteiger partial charge in [0.05, 0.1) is 10.9 Å². The zero-order chi connectivity index (χ0) is 25.5. The number of benzene rings is 4. The predicted molar refractivity (Wildman–Crippen MR) is 110 cm³/mol. The molecule has 182 valence electrons. The minimum Gasteiger partial charge on any atom is -0.486 e. The fourth-order valence-electron chi connectivity index (χ4n) is 3.34. The summed E-state index contributed by atoms with van der Waals surface area (Å²) in [6, 6.07) is 8.89. The molecule has 0 saturated carbocycles. The molecular formula is C25H14F8O2. The van der Waals surface area contributed by atoms with E-state index in [1.807, 2.05) is 0 Å². The van der Waals surface area contributed by atoms with E-state index in [4.69, 9.17) is 4.74 Å². The summed E-state index contributed by atoms with van der Waals surface area (Å²) in [5.41, 5.74) is 0.0813. The molecule has 0 saturated heterocycles. The summed E-state index contributed by atoms with van der Waals surface area (Å²) in [6.07, 6.45) is -3.96. The predicted octanol–water partition coefficient (Wildman–Crippen LogP) is 7.69. The molecule has 0 radical (unpaired) electrons. The zero-order valence-corrected chi connectivity index (χ0v) is 17.7. The van der Waals surface area contributed by atoms with Gasteiger partial charge in [0.1, 0.15) is 12.4 Å². The first kappa shape index (κ1) is 24.3. The van der Waals surface area contributed by atoms with Crippen molar-refractivity contribution in [3.05, 3.63) is 106 Å². The van der Waals surface area contributed by atoms with Crippen LogP contribution in [0.5, 0.6) is 11.5 Å². The zero-order valence-electron chi connectivity index (χ0n) is 17.7. The van der Waals surface area contributed by atoms with Crippen LogP contribution in [0.25, 0.3) is 10.8 Å². The van der Waals surface area contributed by atoms with Gasteiger partial charge in [0.15, 0.2) is 29.0 Å². The topological polar surface area (TPSA) is 18.5 Å². The van der Waals surface area contributed by atoms with Gasteiger partial charge < -0.3 is 9.47 Å². The first-order chi connectivity index (χ1) is 16.5. The SMILES string of the molecule is Cc1ccc(C(F)(F)Oc2ccc(OCc3cc(F)c4c(F)c(F)c(F)cc4c3)c(F)c2F)cc1. The van der Waals surface area contributed by atoms with Crippen LogP contribution in [0, 0.1) is 41.8 Å². The molecule has 35 heavy (non-hydrogen) atoms. The van der Waals surface area contributed by atoms with Crippen molar-refractivity contribution in [1.82, 2.24) is 0 Å². The summed E-state index contributed by atoms with van der Waals surface area (Å²) in [5, 5.41) is -1.12. The molecule has 0 N–H and O–H groups in total. The molecular weight excluding hydrogens is 484 g/mol. The van der Waals surface area contributed by atoms with Crippen LogP contribution >= 0.6 is 0 Å². The van der Waals surface area contributed by atoms with E-state index in [1.54, 1.807) is 6.92 Å². The third-order valence-corrected chi connectivity index (χ3v) is 5.12. The van der Waals surface area contributed by atoms with Crippen molar-refractivity contribution in [3.8, 4) is 11.5 Å². The molecule has 0 fully saturated rings. The maximum absolute atomic E-state index is 14.4. The van der Waals surface area contributed by atoms with E-state index in [0.29, 0.717) is 11.6 Å². The molecule has 0 bridgehead atoms. The summed E-state index contributed by atoms with van der Waals surface area (Å²) >= 11 is 0. The summed E-state index contributed by atoms with van der Waals surface area (Å²) in [4.78, 5) is 0. The van der Waals surface area contributed by atoms with Gasteiger partial charge in [-0.2, -0.15) is 17.6 Å². The fraction of sp³-hybridized carbons (Fsp3) is 0.120. The lowest BCUT2D eigenvalue weighted by molar-refractivity contribution is -0.187. The van der Waals surface area contributed by atoms with Crippen LogP contribution in [0.4, 0.5) is 35.1 Å². The number of halogens is 8. The Morgan fingerprint density at radius 3 is 2.00 bits per heavy atom. The van der Waals surface area contributed by atoms with Crippen molar-refractivity contribution in [2.75, 3.05) is 0 Å². The molecule has 0 aliphatic carbocycles. The molecule has 0 spiro atoms. The van der Waals surface area contributed by atoms with Crippen molar-refractivity contribution < 1.29 is 44.6 Å². The molecule has 10 heteroatoms. The lowest BCUT2D eigenvalue weighted by Crippen LogP contribution is -2.22. The number of hydrogen-bond acceptors (Lipinski definition) is 2. The third-order valence-electron chi connectivity index (χ3n) is 5.12. The normalized spacial score (nSPS) is 11.7. The van der Waals surface area contributed by atoms with Gasteiger partial charge in [-0.15, -0.1) is 0 Å². The maximum atomic E-state index is 14.4. The largest absolute Gasteiger partial charge is 0.486 e. The van der Waals surface area contributed by atoms with Gasteiger partial charge in [0.25, 0.3) is 0 Å². The Morgan fingerprint density at radius 1 is 0.686 bits per heavy atom. The molecule has 0 amide bonds. The Balaban J connectivity index is 1.55. The summed E-state index contributed by atoms with van der Waals surface area (Å²) in [7, 11) is 0. The number of ether oxygens (including phenoxy) is 2. The number of alkyl halides is 2. The Morgan fingerprint density at radius 2 is 1.31 bits per heavy atom. The Hall–Kier alpha value is -3.82. The molecule has 2 nitrogen and oxygen atoms in total. The minimum absolute atomic E-state index is 0.0496. The van der Waals surface area contributed by atoms with Crippen molar-refractivity contribution in [2.45, 2.75) is 19.6 Å². The van der Waals surface area contributed by atoms with Gasteiger partial charge in [-0.25, -0.2) is 17.6 Å². The van der Waals surface area contributed by atoms with Crippen LogP contribution in [0.1, 0.15) is 16.7 Å². The molecule has 0 aromatic heterocycles. The summed E-state index contributed by atoms with van der Waals surface area (Å²) < 4.78 is 122. The highest BCUT2D eigenvalue weighted by atomic mass is 19.3. The number of fused-ring (bicyclic) bond motifs is 1. The average molecular weight is 498 g/mol. The van der Waals surface area contributed by atoms with E-state index >= 15 is 0 Å². The second-order valence-electron chi connectivity index (χ2n) is 7.63. The van der Waals surface area contributed by atoms with Crippen LogP contribution in [0.2, 0.25) is 0 Å². The highest BCUT2D eigenvalue weighted by Crippen LogP contribution is 2.36. The molecule has 0 aliphatic rings. The molecule has 0 unspecified atom stereocenters. The third kappa shape index (κ3) is 4.73. The Bertz CT molecular complexity index is 1420. The van der Waals surface area contributed by atoms with E-state index < -0.39 is 70.1 Å². The first-order valence-corrected chi connectivity index (χ1v) is 9.98. The van der Waals surface area contributed by atoms with Crippen LogP contribution in [-0.2, 0) is 12.7 Å². The lowest BCUT2D eigenvalue weighted by Gasteiger charge is -2.19. The standard InChI is InChI=1S/C25H14F8O2/c1-12-2-4-15(5-3-12)25(32,33)35-19-7-6-18(22(29)23(19)30)34-11-13-8-14-10-17(27)21(28)24(31)20(14)16(26)9-13/h2-10H,11H2,1H3. The fourth-order valence-corrected chi connectivity index (χ4v) is 3.34. The average Bonchev–Trinajstić information content (AvgIpc) is 2.80. The minimum atomic E-state index is -3.96. The van der Waals surface area contributed by atoms with Crippen molar-refractivity contribution in [2.24, 2.45) is 0 Å². The van der Waals surface area contributed by atoms with Crippen molar-refractivity contribution in [1.29, 1.82) is 0 Å². The van der Waals surface area contributed by atoms with Crippen LogP contribution in [0.3, 0.4) is 0 Å². The summed E-state index contributed by atoms with van der Waals surface area (Å²) in [6.45, 7) is 1.09. The highest BCUT2D eigenvalue weighted by Gasteiger charge is 2.36. The van der Waals surface area contributed by atoms with E-state index in [0.717, 1.165) is 36.4 Å². The second kappa shape index (κ2) is 9.09. The van der Waals surface area contributed by atoms with Gasteiger partial charge in [0, 0.05) is 0 Å².